The van der Waals surface area contributed by atoms with Gasteiger partial charge in [0.05, 0.1) is 0 Å². The number of terminal acetylenes is 1. The topological polar surface area (TPSA) is 63.7 Å². The average molecular weight is 273 g/mol. The Hall–Kier alpha value is -1.43. The molecule has 0 saturated carbocycles. The molecule has 0 unspecified atom stereocenters. The lowest BCUT2D eigenvalue weighted by Crippen LogP contribution is -2.43. The molecule has 98 valence electrons. The van der Waals surface area contributed by atoms with Gasteiger partial charge >= 0.3 is 21.6 Å². The molecule has 0 heterocycles. The van der Waals surface area contributed by atoms with Crippen LogP contribution in [0.1, 0.15) is 20.8 Å². The highest BCUT2D eigenvalue weighted by Crippen LogP contribution is 2.27. The minimum atomic E-state index is -5.94. The zero-order valence-electron chi connectivity index (χ0n) is 9.20. The number of amides is 1. The number of hydrogen-bond acceptors (Lipinski definition) is 4. The molecule has 0 spiro atoms. The lowest BCUT2D eigenvalue weighted by Gasteiger charge is -2.23. The first-order valence-electron chi connectivity index (χ1n) is 4.14. The van der Waals surface area contributed by atoms with Crippen LogP contribution in [0.4, 0.5) is 18.0 Å². The van der Waals surface area contributed by atoms with Crippen LogP contribution in [0.2, 0.25) is 0 Å². The second-order valence-corrected chi connectivity index (χ2v) is 5.60. The van der Waals surface area contributed by atoms with Crippen LogP contribution in [-0.2, 0) is 14.8 Å². The Morgan fingerprint density at radius 3 is 1.94 bits per heavy atom. The zero-order valence-corrected chi connectivity index (χ0v) is 10.0. The van der Waals surface area contributed by atoms with Crippen molar-refractivity contribution in [3.63, 3.8) is 0 Å². The average Bonchev–Trinajstić information content (AvgIpc) is 1.98. The summed E-state index contributed by atoms with van der Waals surface area (Å²) in [5.74, 6) is 0. The van der Waals surface area contributed by atoms with Crippen molar-refractivity contribution in [2.75, 3.05) is 0 Å². The largest absolute Gasteiger partial charge is 0.517 e. The van der Waals surface area contributed by atoms with Crippen molar-refractivity contribution >= 4 is 16.1 Å². The van der Waals surface area contributed by atoms with Gasteiger partial charge in [-0.05, 0) is 20.8 Å². The second kappa shape index (κ2) is 4.44. The highest BCUT2D eigenvalue weighted by atomic mass is 32.2. The molecule has 0 radical (unpaired) electrons. The molecule has 0 aliphatic heterocycles. The van der Waals surface area contributed by atoms with Gasteiger partial charge < -0.3 is 4.74 Å². The molecular formula is C8H10F3NO4S. The molecule has 0 aliphatic rings. The van der Waals surface area contributed by atoms with E-state index in [0.717, 1.165) is 6.04 Å². The maximum Gasteiger partial charge on any atom is 0.517 e. The third-order valence-corrected chi connectivity index (χ3v) is 2.53. The molecule has 0 aliphatic carbocycles. The molecule has 5 nitrogen and oxygen atoms in total. The molecule has 0 rings (SSSR count). The predicted molar refractivity (Wildman–Crippen MR) is 51.9 cm³/mol. The van der Waals surface area contributed by atoms with E-state index in [0.29, 0.717) is 0 Å². The fraction of sp³-hybridized carbons (Fsp3) is 0.625. The number of ether oxygens (including phenoxy) is 1. The SMILES string of the molecule is C#CN(C(=O)OC(C)(C)C)S(=O)(=O)C(F)(F)F. The van der Waals surface area contributed by atoms with Gasteiger partial charge in [0, 0.05) is 6.04 Å². The van der Waals surface area contributed by atoms with Gasteiger partial charge in [-0.2, -0.15) is 21.6 Å². The maximum absolute atomic E-state index is 12.1. The van der Waals surface area contributed by atoms with E-state index in [1.807, 2.05) is 0 Å². The Bertz CT molecular complexity index is 441. The fourth-order valence-electron chi connectivity index (χ4n) is 0.627. The summed E-state index contributed by atoms with van der Waals surface area (Å²) in [5.41, 5.74) is -6.84. The molecule has 17 heavy (non-hydrogen) atoms. The van der Waals surface area contributed by atoms with Crippen molar-refractivity contribution in [2.45, 2.75) is 31.9 Å². The maximum atomic E-state index is 12.1. The van der Waals surface area contributed by atoms with Gasteiger partial charge in [0.15, 0.2) is 0 Å². The van der Waals surface area contributed by atoms with E-state index in [4.69, 9.17) is 0 Å². The molecule has 0 fully saturated rings. The van der Waals surface area contributed by atoms with E-state index in [9.17, 15) is 26.4 Å². The number of carbonyl (C=O) groups is 1. The number of carbonyl (C=O) groups excluding carboxylic acids is 1. The van der Waals surface area contributed by atoms with E-state index in [2.05, 4.69) is 11.2 Å². The standard InChI is InChI=1S/C8H10F3NO4S/c1-5-12(6(13)16-7(2,3)4)17(14,15)8(9,10)11/h1H,2-4H3. The quantitative estimate of drug-likeness (QED) is 0.538. The van der Waals surface area contributed by atoms with Crippen molar-refractivity contribution in [1.29, 1.82) is 0 Å². The van der Waals surface area contributed by atoms with Gasteiger partial charge in [-0.3, -0.25) is 0 Å². The highest BCUT2D eigenvalue weighted by Gasteiger charge is 2.52. The summed E-state index contributed by atoms with van der Waals surface area (Å²) in [6.07, 6.45) is 2.79. The summed E-state index contributed by atoms with van der Waals surface area (Å²) in [6.45, 7) is 4.04. The summed E-state index contributed by atoms with van der Waals surface area (Å²) >= 11 is 0. The van der Waals surface area contributed by atoms with Gasteiger partial charge in [-0.1, -0.05) is 6.42 Å². The van der Waals surface area contributed by atoms with Crippen LogP contribution in [0.5, 0.6) is 0 Å². The Labute approximate surface area is 96.6 Å². The van der Waals surface area contributed by atoms with Crippen LogP contribution in [0, 0.1) is 12.5 Å². The van der Waals surface area contributed by atoms with E-state index in [1.54, 1.807) is 0 Å². The zero-order chi connectivity index (χ0) is 14.1. The monoisotopic (exact) mass is 273 g/mol. The number of halogens is 3. The van der Waals surface area contributed by atoms with E-state index in [1.165, 1.54) is 20.8 Å². The van der Waals surface area contributed by atoms with Gasteiger partial charge in [-0.25, -0.2) is 4.79 Å². The third-order valence-electron chi connectivity index (χ3n) is 1.21. The Morgan fingerprint density at radius 1 is 1.29 bits per heavy atom. The van der Waals surface area contributed by atoms with E-state index in [-0.39, 0.29) is 0 Å². The summed E-state index contributed by atoms with van der Waals surface area (Å²) in [6, 6.07) is 1.12. The minimum Gasteiger partial charge on any atom is -0.442 e. The van der Waals surface area contributed by atoms with Gasteiger partial charge in [0.25, 0.3) is 0 Å². The Balaban J connectivity index is 5.29. The molecule has 0 aromatic heterocycles. The van der Waals surface area contributed by atoms with Crippen molar-refractivity contribution in [3.8, 4) is 12.5 Å². The molecule has 0 N–H and O–H groups in total. The summed E-state index contributed by atoms with van der Waals surface area (Å²) in [4.78, 5) is 11.2. The number of hydrogen-bond donors (Lipinski definition) is 0. The molecular weight excluding hydrogens is 263 g/mol. The third kappa shape index (κ3) is 3.81. The van der Waals surface area contributed by atoms with Crippen molar-refractivity contribution in [1.82, 2.24) is 4.31 Å². The van der Waals surface area contributed by atoms with Crippen molar-refractivity contribution < 1.29 is 31.1 Å². The van der Waals surface area contributed by atoms with Crippen LogP contribution in [-0.4, -0.2) is 29.9 Å². The molecule has 1 amide bonds. The molecule has 0 aromatic rings. The smallest absolute Gasteiger partial charge is 0.442 e. The molecule has 0 saturated heterocycles. The molecule has 0 atom stereocenters. The number of rotatable bonds is 1. The van der Waals surface area contributed by atoms with Gasteiger partial charge in [-0.15, -0.1) is 4.31 Å². The first-order valence-corrected chi connectivity index (χ1v) is 5.58. The lowest BCUT2D eigenvalue weighted by molar-refractivity contribution is -0.0483. The predicted octanol–water partition coefficient (Wildman–Crippen LogP) is 1.66. The Morgan fingerprint density at radius 2 is 1.71 bits per heavy atom. The van der Waals surface area contributed by atoms with Crippen molar-refractivity contribution in [3.05, 3.63) is 0 Å². The lowest BCUT2D eigenvalue weighted by atomic mass is 10.2. The molecule has 0 aromatic carbocycles. The number of nitrogens with zero attached hydrogens (tertiary/aromatic N) is 1. The molecule has 0 bridgehead atoms. The first-order chi connectivity index (χ1) is 7.33. The summed E-state index contributed by atoms with van der Waals surface area (Å²) in [7, 11) is -5.94. The highest BCUT2D eigenvalue weighted by molar-refractivity contribution is 7.90. The normalized spacial score (nSPS) is 12.8. The number of alkyl halides is 3. The van der Waals surface area contributed by atoms with Gasteiger partial charge in [0.2, 0.25) is 0 Å². The first kappa shape index (κ1) is 15.6. The second-order valence-electron chi connectivity index (χ2n) is 3.82. The fourth-order valence-corrected chi connectivity index (χ4v) is 1.21. The minimum absolute atomic E-state index is 0.821. The Kier molecular flexibility index (Phi) is 4.07. The summed E-state index contributed by atoms with van der Waals surface area (Å²) in [5, 5.41) is 0. The van der Waals surface area contributed by atoms with Crippen LogP contribution < -0.4 is 0 Å². The van der Waals surface area contributed by atoms with Crippen LogP contribution in [0.3, 0.4) is 0 Å². The van der Waals surface area contributed by atoms with E-state index < -0.39 is 31.5 Å². The van der Waals surface area contributed by atoms with Crippen molar-refractivity contribution in [2.24, 2.45) is 0 Å². The van der Waals surface area contributed by atoms with E-state index >= 15 is 0 Å². The van der Waals surface area contributed by atoms with Crippen LogP contribution in [0.25, 0.3) is 0 Å². The molecule has 9 heteroatoms. The van der Waals surface area contributed by atoms with Crippen LogP contribution in [0.15, 0.2) is 0 Å². The summed E-state index contributed by atoms with van der Waals surface area (Å²) < 4.78 is 61.7. The van der Waals surface area contributed by atoms with Crippen LogP contribution >= 0.6 is 0 Å². The number of sulfonamides is 1. The van der Waals surface area contributed by atoms with Gasteiger partial charge in [0.1, 0.15) is 5.60 Å².